The Labute approximate surface area is 327 Å². The lowest BCUT2D eigenvalue weighted by Gasteiger charge is -2.23. The van der Waals surface area contributed by atoms with Crippen LogP contribution < -0.4 is 27.0 Å². The number of thiol groups is 1. The van der Waals surface area contributed by atoms with Crippen molar-refractivity contribution in [1.82, 2.24) is 21.3 Å². The number of halogens is 4. The molecule has 0 bridgehead atoms. The molecule has 0 aliphatic carbocycles. The van der Waals surface area contributed by atoms with Crippen molar-refractivity contribution in [3.8, 4) is 0 Å². The normalized spacial score (nSPS) is 13.8. The molecule has 2 unspecified atom stereocenters. The van der Waals surface area contributed by atoms with Crippen molar-refractivity contribution in [2.24, 2.45) is 5.73 Å². The van der Waals surface area contributed by atoms with E-state index in [9.17, 15) is 60.6 Å². The van der Waals surface area contributed by atoms with Gasteiger partial charge in [-0.25, -0.2) is 0 Å². The van der Waals surface area contributed by atoms with Crippen molar-refractivity contribution < 1.29 is 80.1 Å². The smallest absolute Gasteiger partial charge is 0.399 e. The van der Waals surface area contributed by atoms with Gasteiger partial charge in [-0.15, -0.1) is 0 Å². The molecule has 18 nitrogen and oxygen atoms in total. The number of hydrogen-bond donors (Lipinski definition) is 11. The SMILES string of the molecule is NC(=O)C(CS)NC(=O)CCCCCNC(=O)[C@H](Cc1ccc(C(F)(F)P(=O)(O)O)cc1)NC(=O)C(CC(=O)O)NC(=O)Cc1ccc(C(F)(F)P(=O)(O)O)cc1. The number of unbranched alkanes of at least 4 members (excludes halogenated alkanes) is 2. The quantitative estimate of drug-likeness (QED) is 0.0321. The van der Waals surface area contributed by atoms with Gasteiger partial charge in [-0.05, 0) is 24.0 Å². The maximum Gasteiger partial charge on any atom is 0.399 e. The highest BCUT2D eigenvalue weighted by molar-refractivity contribution is 7.80. The van der Waals surface area contributed by atoms with Gasteiger partial charge in [-0.1, -0.05) is 55.0 Å². The number of nitrogens with two attached hydrogens (primary N) is 1. The van der Waals surface area contributed by atoms with Crippen LogP contribution in [0.3, 0.4) is 0 Å². The van der Waals surface area contributed by atoms with E-state index in [1.54, 1.807) is 0 Å². The summed E-state index contributed by atoms with van der Waals surface area (Å²) >= 11 is 3.93. The average molecular weight is 874 g/mol. The fraction of sp³-hybridized carbons (Fsp3) is 0.438. The number of nitrogens with one attached hydrogen (secondary N) is 4. The van der Waals surface area contributed by atoms with Crippen molar-refractivity contribution in [2.75, 3.05) is 12.3 Å². The maximum atomic E-state index is 14.2. The monoisotopic (exact) mass is 873 g/mol. The molecule has 0 aliphatic rings. The Morgan fingerprint density at radius 3 is 1.63 bits per heavy atom. The summed E-state index contributed by atoms with van der Waals surface area (Å²) in [5, 5.41) is 18.8. The van der Waals surface area contributed by atoms with Crippen molar-refractivity contribution in [1.29, 1.82) is 0 Å². The number of benzene rings is 2. The zero-order valence-corrected chi connectivity index (χ0v) is 32.3. The molecular weight excluding hydrogens is 832 g/mol. The number of alkyl halides is 4. The summed E-state index contributed by atoms with van der Waals surface area (Å²) < 4.78 is 78.8. The number of hydrogen-bond acceptors (Lipinski definition) is 9. The van der Waals surface area contributed by atoms with Crippen LogP contribution in [0.15, 0.2) is 48.5 Å². The van der Waals surface area contributed by atoms with Crippen LogP contribution in [0.25, 0.3) is 0 Å². The molecule has 2 aromatic carbocycles. The summed E-state index contributed by atoms with van der Waals surface area (Å²) in [6.07, 6.45) is -1.06. The number of carboxylic acid groups (broad SMARTS) is 1. The van der Waals surface area contributed by atoms with Crippen LogP contribution in [0.4, 0.5) is 17.6 Å². The lowest BCUT2D eigenvalue weighted by Crippen LogP contribution is -2.55. The lowest BCUT2D eigenvalue weighted by molar-refractivity contribution is -0.141. The molecule has 2 aromatic rings. The molecule has 5 amide bonds. The van der Waals surface area contributed by atoms with E-state index in [-0.39, 0.29) is 29.8 Å². The predicted octanol–water partition coefficient (Wildman–Crippen LogP) is 0.947. The Hall–Kier alpha value is -4.37. The van der Waals surface area contributed by atoms with Crippen LogP contribution in [0.5, 0.6) is 0 Å². The highest BCUT2D eigenvalue weighted by Gasteiger charge is 2.51. The summed E-state index contributed by atoms with van der Waals surface area (Å²) in [6.45, 7) is -0.0189. The first-order chi connectivity index (χ1) is 26.3. The minimum absolute atomic E-state index is 0.00971. The fourth-order valence-electron chi connectivity index (χ4n) is 4.93. The second kappa shape index (κ2) is 20.9. The third kappa shape index (κ3) is 14.8. The zero-order chi connectivity index (χ0) is 43.4. The Morgan fingerprint density at radius 2 is 1.18 bits per heavy atom. The molecule has 25 heteroatoms. The van der Waals surface area contributed by atoms with E-state index in [0.717, 1.165) is 24.3 Å². The highest BCUT2D eigenvalue weighted by Crippen LogP contribution is 2.60. The second-order valence-corrected chi connectivity index (χ2v) is 16.2. The van der Waals surface area contributed by atoms with Crippen molar-refractivity contribution in [2.45, 2.75) is 74.4 Å². The molecule has 0 saturated carbocycles. The molecule has 0 radical (unpaired) electrons. The molecule has 2 rings (SSSR count). The standard InChI is InChI=1S/C32H41F4N5O13P2S/c33-31(34,55(49,50)51)20-9-5-18(6-10-20)14-22(29(47)38-13-3-1-2-4-25(42)40-24(17-57)28(37)46)41-30(48)23(16-27(44)45)39-26(43)15-19-7-11-21(12-8-19)32(35,36)56(52,53)54/h5-12,22-24,57H,1-4,13-17H2,(H2,37,46)(H,38,47)(H,39,43)(H,40,42)(H,41,48)(H,44,45)(H2,49,50,51)(H2,52,53,54)/t22-,23?,24?/m0/s1. The van der Waals surface area contributed by atoms with E-state index in [4.69, 9.17) is 25.3 Å². The van der Waals surface area contributed by atoms with E-state index in [2.05, 4.69) is 33.9 Å². The molecule has 0 aliphatic heterocycles. The number of carbonyl (C=O) groups is 6. The number of rotatable bonds is 23. The van der Waals surface area contributed by atoms with Crippen molar-refractivity contribution in [3.63, 3.8) is 0 Å². The predicted molar refractivity (Wildman–Crippen MR) is 195 cm³/mol. The van der Waals surface area contributed by atoms with Gasteiger partial charge in [0.25, 0.3) is 0 Å². The van der Waals surface area contributed by atoms with Gasteiger partial charge in [-0.3, -0.25) is 37.9 Å². The third-order valence-electron chi connectivity index (χ3n) is 8.04. The van der Waals surface area contributed by atoms with Gasteiger partial charge in [0.15, 0.2) is 0 Å². The first kappa shape index (κ1) is 48.8. The summed E-state index contributed by atoms with van der Waals surface area (Å²) in [5.41, 5.74) is -5.91. The van der Waals surface area contributed by atoms with E-state index in [1.165, 1.54) is 0 Å². The molecule has 3 atom stereocenters. The zero-order valence-electron chi connectivity index (χ0n) is 29.6. The van der Waals surface area contributed by atoms with Gasteiger partial charge >= 0.3 is 32.5 Å². The Bertz CT molecular complexity index is 1870. The maximum absolute atomic E-state index is 14.2. The summed E-state index contributed by atoms with van der Waals surface area (Å²) in [6, 6.07) is 2.25. The fourth-order valence-corrected chi connectivity index (χ4v) is 6.17. The largest absolute Gasteiger partial charge is 0.481 e. The number of carbonyl (C=O) groups excluding carboxylic acids is 5. The molecule has 0 spiro atoms. The number of amides is 5. The van der Waals surface area contributed by atoms with Crippen LogP contribution in [-0.4, -0.2) is 90.6 Å². The highest BCUT2D eigenvalue weighted by atomic mass is 32.1. The molecule has 0 fully saturated rings. The molecule has 57 heavy (non-hydrogen) atoms. The Kier molecular flexibility index (Phi) is 17.9. The van der Waals surface area contributed by atoms with Crippen LogP contribution in [0, 0.1) is 0 Å². The Balaban J connectivity index is 2.20. The van der Waals surface area contributed by atoms with Crippen LogP contribution in [0.2, 0.25) is 0 Å². The van der Waals surface area contributed by atoms with Gasteiger partial charge in [0.05, 0.1) is 12.8 Å². The molecular formula is C32H41F4N5O13P2S. The van der Waals surface area contributed by atoms with Crippen LogP contribution in [-0.2, 0) is 62.1 Å². The van der Waals surface area contributed by atoms with Crippen molar-refractivity contribution in [3.05, 3.63) is 70.8 Å². The summed E-state index contributed by atoms with van der Waals surface area (Å²) in [4.78, 5) is 110. The van der Waals surface area contributed by atoms with Gasteiger partial charge < -0.3 is 51.7 Å². The van der Waals surface area contributed by atoms with Gasteiger partial charge in [0, 0.05) is 36.3 Å². The molecule has 11 N–H and O–H groups in total. The van der Waals surface area contributed by atoms with Gasteiger partial charge in [-0.2, -0.15) is 30.2 Å². The van der Waals surface area contributed by atoms with E-state index >= 15 is 0 Å². The Morgan fingerprint density at radius 1 is 0.684 bits per heavy atom. The lowest BCUT2D eigenvalue weighted by atomic mass is 10.0. The van der Waals surface area contributed by atoms with Gasteiger partial charge in [0.2, 0.25) is 29.5 Å². The number of primary amides is 1. The van der Waals surface area contributed by atoms with E-state index in [0.29, 0.717) is 43.5 Å². The first-order valence-corrected chi connectivity index (χ1v) is 20.5. The molecule has 316 valence electrons. The van der Waals surface area contributed by atoms with Crippen LogP contribution >= 0.6 is 27.8 Å². The van der Waals surface area contributed by atoms with E-state index in [1.807, 2.05) is 0 Å². The third-order valence-corrected chi connectivity index (χ3v) is 10.4. The minimum atomic E-state index is -5.92. The summed E-state index contributed by atoms with van der Waals surface area (Å²) in [5.74, 6) is -5.89. The average Bonchev–Trinajstić information content (AvgIpc) is 3.10. The number of carboxylic acids is 1. The van der Waals surface area contributed by atoms with Gasteiger partial charge in [0.1, 0.15) is 18.1 Å². The minimum Gasteiger partial charge on any atom is -0.481 e. The molecule has 0 aromatic heterocycles. The topological polar surface area (TPSA) is 312 Å². The van der Waals surface area contributed by atoms with Crippen LogP contribution in [0.1, 0.15) is 54.4 Å². The molecule has 0 heterocycles. The second-order valence-electron chi connectivity index (χ2n) is 12.5. The number of aliphatic carboxylic acids is 1. The molecule has 0 saturated heterocycles. The first-order valence-electron chi connectivity index (χ1n) is 16.6. The van der Waals surface area contributed by atoms with Crippen molar-refractivity contribution >= 4 is 63.3 Å². The summed E-state index contributed by atoms with van der Waals surface area (Å²) in [7, 11) is -11.8. The van der Waals surface area contributed by atoms with E-state index < -0.39 is 111 Å².